The molecule has 6 heteroatoms. The fourth-order valence-corrected chi connectivity index (χ4v) is 1.38. The highest BCUT2D eigenvalue weighted by atomic mass is 19.1. The van der Waals surface area contributed by atoms with Crippen LogP contribution in [0.4, 0.5) is 14.9 Å². The van der Waals surface area contributed by atoms with E-state index in [2.05, 4.69) is 10.7 Å². The van der Waals surface area contributed by atoms with Crippen LogP contribution in [0.2, 0.25) is 0 Å². The first-order chi connectivity index (χ1) is 8.16. The number of hydrogen-bond donors (Lipinski definition) is 2. The average molecular weight is 235 g/mol. The number of rotatable bonds is 2. The van der Waals surface area contributed by atoms with Gasteiger partial charge in [0.05, 0.1) is 12.2 Å². The van der Waals surface area contributed by atoms with Gasteiger partial charge in [0.2, 0.25) is 0 Å². The molecule has 0 saturated heterocycles. The van der Waals surface area contributed by atoms with Gasteiger partial charge in [0.15, 0.2) is 0 Å². The summed E-state index contributed by atoms with van der Waals surface area (Å²) < 4.78 is 13.2. The number of para-hydroxylation sites is 1. The third kappa shape index (κ3) is 2.60. The molecule has 1 heterocycles. The summed E-state index contributed by atoms with van der Waals surface area (Å²) in [5.74, 6) is -0.845. The monoisotopic (exact) mass is 235 g/mol. The normalized spacial score (nSPS) is 13.9. The Morgan fingerprint density at radius 2 is 2.12 bits per heavy atom. The average Bonchev–Trinajstić information content (AvgIpc) is 2.68. The molecule has 0 fully saturated rings. The van der Waals surface area contributed by atoms with Crippen LogP contribution in [0.25, 0.3) is 0 Å². The Morgan fingerprint density at radius 3 is 2.76 bits per heavy atom. The Hall–Kier alpha value is -2.37. The molecule has 88 valence electrons. The lowest BCUT2D eigenvalue weighted by Crippen LogP contribution is -2.45. The number of carbonyl (C=O) groups is 2. The van der Waals surface area contributed by atoms with E-state index in [0.717, 1.165) is 5.01 Å². The third-order valence-corrected chi connectivity index (χ3v) is 2.17. The van der Waals surface area contributed by atoms with E-state index in [-0.39, 0.29) is 11.6 Å². The Labute approximate surface area is 96.9 Å². The van der Waals surface area contributed by atoms with Gasteiger partial charge in [-0.3, -0.25) is 4.79 Å². The molecule has 1 aromatic rings. The number of nitrogens with zero attached hydrogens (tertiary/aromatic N) is 1. The number of hydrazine groups is 1. The lowest BCUT2D eigenvalue weighted by atomic mass is 10.3. The second kappa shape index (κ2) is 4.65. The van der Waals surface area contributed by atoms with Crippen molar-refractivity contribution in [3.63, 3.8) is 0 Å². The fraction of sp³-hybridized carbons (Fsp3) is 0.0909. The molecule has 3 amide bonds. The summed E-state index contributed by atoms with van der Waals surface area (Å²) in [6.45, 7) is 0.309. The Morgan fingerprint density at radius 1 is 1.35 bits per heavy atom. The number of amides is 3. The molecular weight excluding hydrogens is 225 g/mol. The van der Waals surface area contributed by atoms with Gasteiger partial charge in [0.1, 0.15) is 5.82 Å². The molecule has 2 N–H and O–H groups in total. The van der Waals surface area contributed by atoms with Crippen molar-refractivity contribution in [1.82, 2.24) is 10.4 Å². The summed E-state index contributed by atoms with van der Waals surface area (Å²) in [5, 5.41) is 3.43. The maximum Gasteiger partial charge on any atom is 0.338 e. The van der Waals surface area contributed by atoms with E-state index < -0.39 is 11.8 Å². The summed E-state index contributed by atoms with van der Waals surface area (Å²) in [5.41, 5.74) is 2.37. The second-order valence-corrected chi connectivity index (χ2v) is 3.40. The van der Waals surface area contributed by atoms with E-state index in [1.54, 1.807) is 12.1 Å². The second-order valence-electron chi connectivity index (χ2n) is 3.40. The molecule has 0 radical (unpaired) electrons. The first-order valence-corrected chi connectivity index (χ1v) is 4.97. The van der Waals surface area contributed by atoms with Gasteiger partial charge in [-0.25, -0.2) is 19.6 Å². The molecule has 0 saturated carbocycles. The quantitative estimate of drug-likeness (QED) is 0.810. The summed E-state index contributed by atoms with van der Waals surface area (Å²) in [7, 11) is 0. The largest absolute Gasteiger partial charge is 0.338 e. The summed E-state index contributed by atoms with van der Waals surface area (Å²) in [6, 6.07) is 5.12. The lowest BCUT2D eigenvalue weighted by Gasteiger charge is -2.17. The number of carbonyl (C=O) groups excluding carboxylic acids is 2. The van der Waals surface area contributed by atoms with Gasteiger partial charge in [-0.05, 0) is 12.1 Å². The van der Waals surface area contributed by atoms with Crippen molar-refractivity contribution in [2.75, 3.05) is 11.9 Å². The van der Waals surface area contributed by atoms with Crippen molar-refractivity contribution in [2.24, 2.45) is 0 Å². The highest BCUT2D eigenvalue weighted by Crippen LogP contribution is 2.12. The predicted octanol–water partition coefficient (Wildman–Crippen LogP) is 1.26. The Balaban J connectivity index is 1.94. The van der Waals surface area contributed by atoms with Crippen molar-refractivity contribution in [3.8, 4) is 0 Å². The summed E-state index contributed by atoms with van der Waals surface area (Å²) >= 11 is 0. The maximum absolute atomic E-state index is 13.2. The van der Waals surface area contributed by atoms with Gasteiger partial charge in [0.25, 0.3) is 5.91 Å². The van der Waals surface area contributed by atoms with Crippen LogP contribution in [-0.2, 0) is 4.79 Å². The molecule has 0 aromatic heterocycles. The molecule has 1 aliphatic heterocycles. The van der Waals surface area contributed by atoms with Gasteiger partial charge in [-0.2, -0.15) is 0 Å². The van der Waals surface area contributed by atoms with Crippen LogP contribution < -0.4 is 10.7 Å². The van der Waals surface area contributed by atoms with Gasteiger partial charge in [-0.1, -0.05) is 18.2 Å². The highest BCUT2D eigenvalue weighted by molar-refractivity contribution is 5.94. The Kier molecular flexibility index (Phi) is 3.04. The van der Waals surface area contributed by atoms with Crippen molar-refractivity contribution >= 4 is 17.6 Å². The van der Waals surface area contributed by atoms with Crippen molar-refractivity contribution < 1.29 is 14.0 Å². The molecule has 0 atom stereocenters. The van der Waals surface area contributed by atoms with Gasteiger partial charge in [-0.15, -0.1) is 0 Å². The smallest absolute Gasteiger partial charge is 0.304 e. The number of benzene rings is 1. The molecule has 0 spiro atoms. The third-order valence-electron chi connectivity index (χ3n) is 2.17. The molecule has 2 rings (SSSR count). The van der Waals surface area contributed by atoms with E-state index in [1.807, 2.05) is 0 Å². The van der Waals surface area contributed by atoms with Crippen molar-refractivity contribution in [3.05, 3.63) is 42.2 Å². The molecule has 1 aromatic carbocycles. The van der Waals surface area contributed by atoms with Crippen LogP contribution in [0.3, 0.4) is 0 Å². The summed E-state index contributed by atoms with van der Waals surface area (Å²) in [4.78, 5) is 22.6. The lowest BCUT2D eigenvalue weighted by molar-refractivity contribution is -0.126. The van der Waals surface area contributed by atoms with Crippen LogP contribution in [0.5, 0.6) is 0 Å². The zero-order valence-corrected chi connectivity index (χ0v) is 8.81. The van der Waals surface area contributed by atoms with E-state index in [4.69, 9.17) is 0 Å². The SMILES string of the molecule is O=C(Nc1ccccc1F)NN1CC=CC1=O. The number of nitrogens with one attached hydrogen (secondary N) is 2. The summed E-state index contributed by atoms with van der Waals surface area (Å²) in [6.07, 6.45) is 2.97. The minimum Gasteiger partial charge on any atom is -0.304 e. The number of halogens is 1. The van der Waals surface area contributed by atoms with Crippen molar-refractivity contribution in [1.29, 1.82) is 0 Å². The first-order valence-electron chi connectivity index (χ1n) is 4.97. The van der Waals surface area contributed by atoms with E-state index in [0.29, 0.717) is 6.54 Å². The van der Waals surface area contributed by atoms with Crippen LogP contribution >= 0.6 is 0 Å². The molecule has 5 nitrogen and oxygen atoms in total. The van der Waals surface area contributed by atoms with E-state index >= 15 is 0 Å². The molecule has 0 aliphatic carbocycles. The first kappa shape index (κ1) is 11.1. The number of urea groups is 1. The molecule has 0 unspecified atom stereocenters. The van der Waals surface area contributed by atoms with Crippen LogP contribution in [0.15, 0.2) is 36.4 Å². The molecule has 1 aliphatic rings. The molecule has 17 heavy (non-hydrogen) atoms. The molecular formula is C11H10FN3O2. The molecule has 0 bridgehead atoms. The van der Waals surface area contributed by atoms with Crippen molar-refractivity contribution in [2.45, 2.75) is 0 Å². The standard InChI is InChI=1S/C11H10FN3O2/c12-8-4-1-2-5-9(8)13-11(17)14-15-7-3-6-10(15)16/h1-6H,7H2,(H2,13,14,17). The zero-order chi connectivity index (χ0) is 12.3. The minimum absolute atomic E-state index is 0.0598. The number of hydrogen-bond acceptors (Lipinski definition) is 2. The van der Waals surface area contributed by atoms with Gasteiger partial charge >= 0.3 is 6.03 Å². The topological polar surface area (TPSA) is 61.4 Å². The zero-order valence-electron chi connectivity index (χ0n) is 8.81. The highest BCUT2D eigenvalue weighted by Gasteiger charge is 2.17. The Bertz CT molecular complexity index is 487. The fourth-order valence-electron chi connectivity index (χ4n) is 1.38. The predicted molar refractivity (Wildman–Crippen MR) is 59.4 cm³/mol. The van der Waals surface area contributed by atoms with Crippen LogP contribution in [-0.4, -0.2) is 23.5 Å². The van der Waals surface area contributed by atoms with Crippen LogP contribution in [0.1, 0.15) is 0 Å². The van der Waals surface area contributed by atoms with Gasteiger partial charge < -0.3 is 5.32 Å². The van der Waals surface area contributed by atoms with E-state index in [1.165, 1.54) is 24.3 Å². The van der Waals surface area contributed by atoms with Crippen LogP contribution in [0, 0.1) is 5.82 Å². The maximum atomic E-state index is 13.2. The number of anilines is 1. The van der Waals surface area contributed by atoms with Gasteiger partial charge in [0, 0.05) is 6.08 Å². The van der Waals surface area contributed by atoms with E-state index in [9.17, 15) is 14.0 Å². The minimum atomic E-state index is -0.660.